The van der Waals surface area contributed by atoms with E-state index in [1.54, 1.807) is 24.5 Å². The molecule has 0 atom stereocenters. The Bertz CT molecular complexity index is 654. The minimum atomic E-state index is 0.394. The van der Waals surface area contributed by atoms with Crippen LogP contribution in [0.2, 0.25) is 0 Å². The smallest absolute Gasteiger partial charge is 0.226 e. The molecule has 0 aromatic carbocycles. The highest BCUT2D eigenvalue weighted by Gasteiger charge is 2.19. The van der Waals surface area contributed by atoms with E-state index in [0.717, 1.165) is 31.9 Å². The minimum absolute atomic E-state index is 0.394. The summed E-state index contributed by atoms with van der Waals surface area (Å²) in [5.74, 6) is 1.14. The van der Waals surface area contributed by atoms with Crippen molar-refractivity contribution in [3.05, 3.63) is 36.3 Å². The lowest BCUT2D eigenvalue weighted by Gasteiger charge is -2.35. The van der Waals surface area contributed by atoms with Crippen molar-refractivity contribution in [2.24, 2.45) is 0 Å². The number of nitrogens with two attached hydrogens (primary N) is 1. The van der Waals surface area contributed by atoms with Gasteiger partial charge in [0.1, 0.15) is 17.6 Å². The van der Waals surface area contributed by atoms with E-state index in [2.05, 4.69) is 24.8 Å². The molecule has 0 spiro atoms. The zero-order valence-corrected chi connectivity index (χ0v) is 11.5. The molecule has 2 N–H and O–H groups in total. The Morgan fingerprint density at radius 2 is 1.81 bits per heavy atom. The number of nitrogen functional groups attached to an aromatic ring is 1. The summed E-state index contributed by atoms with van der Waals surface area (Å²) in [6.45, 7) is 3.32. The second kappa shape index (κ2) is 5.63. The van der Waals surface area contributed by atoms with Gasteiger partial charge in [-0.25, -0.2) is 15.0 Å². The number of hydrogen-bond donors (Lipinski definition) is 1. The van der Waals surface area contributed by atoms with Gasteiger partial charge in [-0.1, -0.05) is 0 Å². The van der Waals surface area contributed by atoms with Crippen LogP contribution in [0.15, 0.2) is 30.6 Å². The van der Waals surface area contributed by atoms with Gasteiger partial charge in [-0.2, -0.15) is 5.26 Å². The average Bonchev–Trinajstić information content (AvgIpc) is 2.56. The molecule has 7 heteroatoms. The van der Waals surface area contributed by atoms with Crippen molar-refractivity contribution in [2.75, 3.05) is 41.7 Å². The third kappa shape index (κ3) is 2.84. The van der Waals surface area contributed by atoms with Gasteiger partial charge < -0.3 is 15.5 Å². The van der Waals surface area contributed by atoms with Crippen LogP contribution >= 0.6 is 0 Å². The second-order valence-corrected chi connectivity index (χ2v) is 4.77. The molecule has 0 saturated carbocycles. The predicted octanol–water partition coefficient (Wildman–Crippen LogP) is 0.652. The van der Waals surface area contributed by atoms with Crippen molar-refractivity contribution < 1.29 is 0 Å². The lowest BCUT2D eigenvalue weighted by Crippen LogP contribution is -2.47. The van der Waals surface area contributed by atoms with Crippen molar-refractivity contribution >= 4 is 17.5 Å². The number of anilines is 3. The Balaban J connectivity index is 1.67. The summed E-state index contributed by atoms with van der Waals surface area (Å²) in [4.78, 5) is 16.9. The fourth-order valence-corrected chi connectivity index (χ4v) is 2.31. The first-order valence-corrected chi connectivity index (χ1v) is 6.71. The van der Waals surface area contributed by atoms with Crippen LogP contribution in [0.1, 0.15) is 5.69 Å². The Hall–Kier alpha value is -2.88. The van der Waals surface area contributed by atoms with Crippen LogP contribution in [-0.4, -0.2) is 41.1 Å². The van der Waals surface area contributed by atoms with Crippen molar-refractivity contribution in [1.29, 1.82) is 5.26 Å². The Morgan fingerprint density at radius 3 is 2.48 bits per heavy atom. The molecule has 3 rings (SSSR count). The summed E-state index contributed by atoms with van der Waals surface area (Å²) in [5, 5.41) is 8.89. The first-order chi connectivity index (χ1) is 10.3. The van der Waals surface area contributed by atoms with E-state index in [0.29, 0.717) is 17.5 Å². The fourth-order valence-electron chi connectivity index (χ4n) is 2.31. The summed E-state index contributed by atoms with van der Waals surface area (Å²) in [6.07, 6.45) is 3.41. The van der Waals surface area contributed by atoms with Gasteiger partial charge in [-0.15, -0.1) is 0 Å². The lowest BCUT2D eigenvalue weighted by molar-refractivity contribution is 0.639. The number of rotatable bonds is 2. The molecule has 7 nitrogen and oxygen atoms in total. The van der Waals surface area contributed by atoms with Crippen molar-refractivity contribution in [3.63, 3.8) is 0 Å². The quantitative estimate of drug-likeness (QED) is 0.863. The Kier molecular flexibility index (Phi) is 3.51. The molecule has 1 aliphatic rings. The fraction of sp³-hybridized carbons (Fsp3) is 0.286. The normalized spacial score (nSPS) is 14.8. The molecule has 0 aliphatic carbocycles. The average molecular weight is 281 g/mol. The van der Waals surface area contributed by atoms with Gasteiger partial charge in [-0.3, -0.25) is 0 Å². The molecule has 106 valence electrons. The van der Waals surface area contributed by atoms with E-state index in [9.17, 15) is 0 Å². The molecule has 21 heavy (non-hydrogen) atoms. The first kappa shape index (κ1) is 13.1. The monoisotopic (exact) mass is 281 g/mol. The van der Waals surface area contributed by atoms with E-state index < -0.39 is 0 Å². The second-order valence-electron chi connectivity index (χ2n) is 4.77. The van der Waals surface area contributed by atoms with Crippen LogP contribution in [0.3, 0.4) is 0 Å². The van der Waals surface area contributed by atoms with E-state index in [1.165, 1.54) is 0 Å². The largest absolute Gasteiger partial charge is 0.384 e. The van der Waals surface area contributed by atoms with Gasteiger partial charge in [0.2, 0.25) is 5.95 Å². The van der Waals surface area contributed by atoms with Gasteiger partial charge in [0.05, 0.1) is 11.9 Å². The molecule has 1 aliphatic heterocycles. The highest BCUT2D eigenvalue weighted by Crippen LogP contribution is 2.18. The highest BCUT2D eigenvalue weighted by atomic mass is 15.3. The highest BCUT2D eigenvalue weighted by molar-refractivity contribution is 5.49. The molecule has 0 bridgehead atoms. The number of aromatic nitrogens is 3. The maximum Gasteiger partial charge on any atom is 0.226 e. The van der Waals surface area contributed by atoms with E-state index in [4.69, 9.17) is 11.0 Å². The number of nitriles is 1. The summed E-state index contributed by atoms with van der Waals surface area (Å²) < 4.78 is 0. The molecule has 2 aromatic rings. The molecule has 1 fully saturated rings. The zero-order chi connectivity index (χ0) is 14.7. The molecule has 0 radical (unpaired) electrons. The third-order valence-electron chi connectivity index (χ3n) is 3.46. The van der Waals surface area contributed by atoms with Crippen LogP contribution in [0.5, 0.6) is 0 Å². The Morgan fingerprint density at radius 1 is 1.05 bits per heavy atom. The number of hydrogen-bond acceptors (Lipinski definition) is 7. The molecule has 2 aromatic heterocycles. The molecular weight excluding hydrogens is 266 g/mol. The van der Waals surface area contributed by atoms with Crippen LogP contribution < -0.4 is 15.5 Å². The summed E-state index contributed by atoms with van der Waals surface area (Å²) in [5.41, 5.74) is 7.06. The number of nitrogens with zero attached hydrogens (tertiary/aromatic N) is 6. The summed E-state index contributed by atoms with van der Waals surface area (Å²) in [6, 6.07) is 7.43. The molecular formula is C14H15N7. The molecule has 1 saturated heterocycles. The standard InChI is InChI=1S/C14H15N7/c15-9-11-3-4-17-14(19-11)21-7-5-20(6-8-21)12-1-2-13(16)18-10-12/h1-4,10H,5-8H2,(H2,16,18). The van der Waals surface area contributed by atoms with Gasteiger partial charge in [-0.05, 0) is 18.2 Å². The van der Waals surface area contributed by atoms with E-state index in [-0.39, 0.29) is 0 Å². The summed E-state index contributed by atoms with van der Waals surface area (Å²) >= 11 is 0. The van der Waals surface area contributed by atoms with Gasteiger partial charge in [0, 0.05) is 32.4 Å². The molecule has 0 amide bonds. The van der Waals surface area contributed by atoms with Crippen molar-refractivity contribution in [2.45, 2.75) is 0 Å². The van der Waals surface area contributed by atoms with Gasteiger partial charge in [0.15, 0.2) is 0 Å². The Labute approximate surface area is 122 Å². The third-order valence-corrected chi connectivity index (χ3v) is 3.46. The maximum atomic E-state index is 8.89. The topological polar surface area (TPSA) is 95.0 Å². The molecule has 3 heterocycles. The lowest BCUT2D eigenvalue weighted by atomic mass is 10.3. The minimum Gasteiger partial charge on any atom is -0.384 e. The SMILES string of the molecule is N#Cc1ccnc(N2CCN(c3ccc(N)nc3)CC2)n1. The van der Waals surface area contributed by atoms with Crippen LogP contribution in [0.25, 0.3) is 0 Å². The van der Waals surface area contributed by atoms with Crippen molar-refractivity contribution in [1.82, 2.24) is 15.0 Å². The van der Waals surface area contributed by atoms with Gasteiger partial charge >= 0.3 is 0 Å². The van der Waals surface area contributed by atoms with Gasteiger partial charge in [0.25, 0.3) is 0 Å². The zero-order valence-electron chi connectivity index (χ0n) is 11.5. The summed E-state index contributed by atoms with van der Waals surface area (Å²) in [7, 11) is 0. The van der Waals surface area contributed by atoms with Crippen LogP contribution in [0, 0.1) is 11.3 Å². The van der Waals surface area contributed by atoms with Crippen LogP contribution in [0.4, 0.5) is 17.5 Å². The molecule has 0 unspecified atom stereocenters. The predicted molar refractivity (Wildman–Crippen MR) is 79.8 cm³/mol. The van der Waals surface area contributed by atoms with E-state index in [1.807, 2.05) is 12.1 Å². The van der Waals surface area contributed by atoms with E-state index >= 15 is 0 Å². The maximum absolute atomic E-state index is 8.89. The number of pyridine rings is 1. The van der Waals surface area contributed by atoms with Crippen molar-refractivity contribution in [3.8, 4) is 6.07 Å². The van der Waals surface area contributed by atoms with Crippen LogP contribution in [-0.2, 0) is 0 Å². The first-order valence-electron chi connectivity index (χ1n) is 6.71. The number of piperazine rings is 1.